The highest BCUT2D eigenvalue weighted by atomic mass is 32.2. The molecule has 1 aliphatic carbocycles. The van der Waals surface area contributed by atoms with Crippen LogP contribution < -0.4 is 5.32 Å². The van der Waals surface area contributed by atoms with Crippen molar-refractivity contribution in [3.8, 4) is 0 Å². The van der Waals surface area contributed by atoms with Gasteiger partial charge in [-0.05, 0) is 18.9 Å². The number of non-ortho nitro benzene ring substituents is 1. The summed E-state index contributed by atoms with van der Waals surface area (Å²) >= 11 is 6.31. The van der Waals surface area contributed by atoms with E-state index in [1.165, 1.54) is 18.6 Å². The summed E-state index contributed by atoms with van der Waals surface area (Å²) in [5.74, 6) is 0. The highest BCUT2D eigenvalue weighted by Gasteiger charge is 2.22. The highest BCUT2D eigenvalue weighted by Crippen LogP contribution is 2.33. The van der Waals surface area contributed by atoms with Gasteiger partial charge in [0.2, 0.25) is 0 Å². The second-order valence-electron chi connectivity index (χ2n) is 5.04. The molecule has 1 N–H and O–H groups in total. The van der Waals surface area contributed by atoms with E-state index >= 15 is 0 Å². The maximum atomic E-state index is 11.1. The second kappa shape index (κ2) is 7.50. The molecule has 1 fully saturated rings. The second-order valence-corrected chi connectivity index (χ2v) is 6.75. The number of benzene rings is 1. The Labute approximate surface area is 136 Å². The van der Waals surface area contributed by atoms with E-state index in [0.717, 1.165) is 43.5 Å². The fourth-order valence-electron chi connectivity index (χ4n) is 2.39. The molecule has 0 saturated heterocycles. The van der Waals surface area contributed by atoms with Gasteiger partial charge in [-0.2, -0.15) is 0 Å². The van der Waals surface area contributed by atoms with Gasteiger partial charge >= 0.3 is 0 Å². The largest absolute Gasteiger partial charge is 0.368 e. The molecular formula is C13H15N3O4S2. The number of thiocarbonyl (C=S) groups is 1. The first-order valence-electron chi connectivity index (χ1n) is 6.88. The lowest BCUT2D eigenvalue weighted by atomic mass is 9.96. The Morgan fingerprint density at radius 2 is 1.86 bits per heavy atom. The van der Waals surface area contributed by atoms with Crippen molar-refractivity contribution in [2.45, 2.75) is 43.0 Å². The molecular weight excluding hydrogens is 326 g/mol. The molecule has 0 atom stereocenters. The fourth-order valence-corrected chi connectivity index (χ4v) is 3.63. The summed E-state index contributed by atoms with van der Waals surface area (Å²) in [4.78, 5) is 20.8. The van der Waals surface area contributed by atoms with Gasteiger partial charge in [-0.1, -0.05) is 43.2 Å². The van der Waals surface area contributed by atoms with E-state index in [4.69, 9.17) is 12.2 Å². The third kappa shape index (κ3) is 4.38. The van der Waals surface area contributed by atoms with Crippen LogP contribution in [0, 0.1) is 20.2 Å². The monoisotopic (exact) mass is 341 g/mol. The summed E-state index contributed by atoms with van der Waals surface area (Å²) < 4.78 is 0.462. The number of nitrogens with zero attached hydrogens (tertiary/aromatic N) is 2. The standard InChI is InChI=1S/C13H15N3O4S2/c17-15(18)10-6-7-12(11(8-10)16(19)20)22-13(21)14-9-4-2-1-3-5-9/h6-9H,1-5H2,(H,14,21). The molecule has 0 unspecified atom stereocenters. The maximum absolute atomic E-state index is 11.1. The average molecular weight is 341 g/mol. The van der Waals surface area contributed by atoms with Crippen molar-refractivity contribution in [1.82, 2.24) is 5.32 Å². The zero-order valence-corrected chi connectivity index (χ0v) is 13.3. The Morgan fingerprint density at radius 3 is 2.45 bits per heavy atom. The molecule has 0 radical (unpaired) electrons. The number of nitrogens with one attached hydrogen (secondary N) is 1. The van der Waals surface area contributed by atoms with Gasteiger partial charge in [0.05, 0.1) is 20.8 Å². The van der Waals surface area contributed by atoms with E-state index in [1.54, 1.807) is 0 Å². The summed E-state index contributed by atoms with van der Waals surface area (Å²) in [7, 11) is 0. The summed E-state index contributed by atoms with van der Waals surface area (Å²) in [6.07, 6.45) is 5.63. The Hall–Kier alpha value is -1.74. The highest BCUT2D eigenvalue weighted by molar-refractivity contribution is 8.23. The first-order chi connectivity index (χ1) is 10.5. The Kier molecular flexibility index (Phi) is 5.67. The van der Waals surface area contributed by atoms with Crippen LogP contribution in [0.3, 0.4) is 0 Å². The van der Waals surface area contributed by atoms with Crippen LogP contribution in [-0.4, -0.2) is 20.2 Å². The van der Waals surface area contributed by atoms with Crippen molar-refractivity contribution in [3.05, 3.63) is 38.4 Å². The van der Waals surface area contributed by atoms with Crippen LogP contribution >= 0.6 is 24.0 Å². The van der Waals surface area contributed by atoms with Crippen LogP contribution in [0.25, 0.3) is 0 Å². The molecule has 0 spiro atoms. The third-order valence-corrected chi connectivity index (χ3v) is 4.72. The minimum Gasteiger partial charge on any atom is -0.368 e. The van der Waals surface area contributed by atoms with Gasteiger partial charge in [0.1, 0.15) is 4.32 Å². The smallest absolute Gasteiger partial charge is 0.290 e. The predicted octanol–water partition coefficient (Wildman–Crippen LogP) is 3.80. The van der Waals surface area contributed by atoms with E-state index < -0.39 is 9.85 Å². The molecule has 22 heavy (non-hydrogen) atoms. The van der Waals surface area contributed by atoms with Gasteiger partial charge in [0.15, 0.2) is 0 Å². The zero-order valence-electron chi connectivity index (χ0n) is 11.7. The van der Waals surface area contributed by atoms with Gasteiger partial charge in [-0.25, -0.2) is 0 Å². The van der Waals surface area contributed by atoms with E-state index in [-0.39, 0.29) is 11.4 Å². The molecule has 1 aromatic rings. The van der Waals surface area contributed by atoms with Crippen molar-refractivity contribution in [2.75, 3.05) is 0 Å². The quantitative estimate of drug-likeness (QED) is 0.385. The lowest BCUT2D eigenvalue weighted by Gasteiger charge is -2.23. The normalized spacial score (nSPS) is 15.3. The van der Waals surface area contributed by atoms with Gasteiger partial charge in [0, 0.05) is 12.1 Å². The minimum absolute atomic E-state index is 0.299. The number of hydrogen-bond acceptors (Lipinski definition) is 6. The molecule has 7 nitrogen and oxygen atoms in total. The van der Waals surface area contributed by atoms with Gasteiger partial charge in [-0.15, -0.1) is 0 Å². The number of rotatable bonds is 4. The molecule has 2 rings (SSSR count). The Bertz CT molecular complexity index is 603. The lowest BCUT2D eigenvalue weighted by molar-refractivity contribution is -0.396. The van der Waals surface area contributed by atoms with Gasteiger partial charge in [-0.3, -0.25) is 20.2 Å². The van der Waals surface area contributed by atoms with E-state index in [9.17, 15) is 20.2 Å². The Balaban J connectivity index is 2.09. The molecule has 118 valence electrons. The van der Waals surface area contributed by atoms with Crippen molar-refractivity contribution < 1.29 is 9.85 Å². The topological polar surface area (TPSA) is 98.3 Å². The summed E-state index contributed by atoms with van der Waals surface area (Å²) in [5, 5.41) is 25.0. The first kappa shape index (κ1) is 16.6. The first-order valence-corrected chi connectivity index (χ1v) is 8.11. The maximum Gasteiger partial charge on any atom is 0.290 e. The molecule has 1 aromatic carbocycles. The Morgan fingerprint density at radius 1 is 1.18 bits per heavy atom. The molecule has 0 heterocycles. The molecule has 0 aromatic heterocycles. The summed E-state index contributed by atoms with van der Waals surface area (Å²) in [5.41, 5.74) is -0.603. The molecule has 1 saturated carbocycles. The molecule has 0 aliphatic heterocycles. The summed E-state index contributed by atoms with van der Waals surface area (Å²) in [6, 6.07) is 3.89. The number of thioether (sulfide) groups is 1. The summed E-state index contributed by atoms with van der Waals surface area (Å²) in [6.45, 7) is 0. The molecule has 1 aliphatic rings. The predicted molar refractivity (Wildman–Crippen MR) is 88.2 cm³/mol. The van der Waals surface area contributed by atoms with Crippen molar-refractivity contribution >= 4 is 39.7 Å². The molecule has 9 heteroatoms. The van der Waals surface area contributed by atoms with E-state index in [0.29, 0.717) is 15.3 Å². The van der Waals surface area contributed by atoms with E-state index in [2.05, 4.69) is 5.32 Å². The number of nitro benzene ring substituents is 2. The average Bonchev–Trinajstić information content (AvgIpc) is 2.48. The van der Waals surface area contributed by atoms with Gasteiger partial charge in [0.25, 0.3) is 11.4 Å². The van der Waals surface area contributed by atoms with Crippen LogP contribution in [0.15, 0.2) is 23.1 Å². The number of nitro groups is 2. The SMILES string of the molecule is O=[N+]([O-])c1ccc(SC(=S)NC2CCCCC2)c([N+](=O)[O-])c1. The molecule has 0 bridgehead atoms. The van der Waals surface area contributed by atoms with Crippen LogP contribution in [0.5, 0.6) is 0 Å². The van der Waals surface area contributed by atoms with Crippen LogP contribution in [0.2, 0.25) is 0 Å². The minimum atomic E-state index is -0.653. The van der Waals surface area contributed by atoms with Gasteiger partial charge < -0.3 is 5.32 Å². The van der Waals surface area contributed by atoms with Crippen LogP contribution in [-0.2, 0) is 0 Å². The van der Waals surface area contributed by atoms with Crippen LogP contribution in [0.4, 0.5) is 11.4 Å². The van der Waals surface area contributed by atoms with Crippen molar-refractivity contribution in [2.24, 2.45) is 0 Å². The third-order valence-electron chi connectivity index (χ3n) is 3.48. The van der Waals surface area contributed by atoms with E-state index in [1.807, 2.05) is 0 Å². The lowest BCUT2D eigenvalue weighted by Crippen LogP contribution is -2.33. The van der Waals surface area contributed by atoms with Crippen molar-refractivity contribution in [3.63, 3.8) is 0 Å². The zero-order chi connectivity index (χ0) is 16.1. The molecule has 0 amide bonds. The fraction of sp³-hybridized carbons (Fsp3) is 0.462. The number of hydrogen-bond donors (Lipinski definition) is 1. The van der Waals surface area contributed by atoms with Crippen molar-refractivity contribution in [1.29, 1.82) is 0 Å². The van der Waals surface area contributed by atoms with Crippen LogP contribution in [0.1, 0.15) is 32.1 Å².